The molecule has 1 atom stereocenters. The Hall–Kier alpha value is -3.41. The fraction of sp³-hybridized carbons (Fsp3) is 0.320. The molecule has 0 saturated carbocycles. The second-order valence-corrected chi connectivity index (χ2v) is 7.78. The highest BCUT2D eigenvalue weighted by molar-refractivity contribution is 5.89. The van der Waals surface area contributed by atoms with Crippen molar-refractivity contribution in [2.45, 2.75) is 40.2 Å². The Morgan fingerprint density at radius 3 is 2.35 bits per heavy atom. The van der Waals surface area contributed by atoms with Crippen LogP contribution in [-0.4, -0.2) is 30.7 Å². The number of amides is 2. The van der Waals surface area contributed by atoms with Crippen LogP contribution < -0.4 is 15.5 Å². The van der Waals surface area contributed by atoms with Gasteiger partial charge >= 0.3 is 0 Å². The van der Waals surface area contributed by atoms with Crippen molar-refractivity contribution in [2.75, 3.05) is 6.61 Å². The maximum atomic E-state index is 12.5. The van der Waals surface area contributed by atoms with Crippen LogP contribution in [0.1, 0.15) is 37.0 Å². The van der Waals surface area contributed by atoms with Gasteiger partial charge in [-0.3, -0.25) is 9.59 Å². The van der Waals surface area contributed by atoms with Crippen molar-refractivity contribution >= 4 is 24.1 Å². The molecule has 6 nitrogen and oxygen atoms in total. The first-order valence-electron chi connectivity index (χ1n) is 10.4. The smallest absolute Gasteiger partial charge is 0.262 e. The molecular weight excluding hydrogens is 390 g/mol. The summed E-state index contributed by atoms with van der Waals surface area (Å²) in [7, 11) is 0. The topological polar surface area (TPSA) is 79.8 Å². The van der Waals surface area contributed by atoms with Gasteiger partial charge in [0.05, 0.1) is 0 Å². The van der Waals surface area contributed by atoms with E-state index in [0.717, 1.165) is 16.7 Å². The number of hydrazone groups is 1. The molecule has 0 heterocycles. The SMILES string of the molecule is Cc1cccc(C)c1OCC(=O)N[C@H](CC(C)C)C(=O)N/N=C\C=C\c1ccccc1. The number of benzene rings is 2. The molecule has 0 unspecified atom stereocenters. The van der Waals surface area contributed by atoms with Crippen LogP contribution in [0.4, 0.5) is 0 Å². The summed E-state index contributed by atoms with van der Waals surface area (Å²) in [6.45, 7) is 7.69. The molecule has 0 bridgehead atoms. The number of ether oxygens (including phenoxy) is 1. The first kappa shape index (κ1) is 23.9. The highest BCUT2D eigenvalue weighted by atomic mass is 16.5. The van der Waals surface area contributed by atoms with Gasteiger partial charge in [0, 0.05) is 6.21 Å². The fourth-order valence-corrected chi connectivity index (χ4v) is 3.04. The van der Waals surface area contributed by atoms with E-state index in [2.05, 4.69) is 15.8 Å². The monoisotopic (exact) mass is 421 g/mol. The summed E-state index contributed by atoms with van der Waals surface area (Å²) < 4.78 is 5.69. The molecule has 0 radical (unpaired) electrons. The molecule has 0 fully saturated rings. The van der Waals surface area contributed by atoms with Crippen LogP contribution in [0.15, 0.2) is 59.7 Å². The van der Waals surface area contributed by atoms with E-state index in [-0.39, 0.29) is 24.3 Å². The van der Waals surface area contributed by atoms with E-state index in [0.29, 0.717) is 12.2 Å². The number of para-hydroxylation sites is 1. The molecule has 164 valence electrons. The van der Waals surface area contributed by atoms with E-state index < -0.39 is 6.04 Å². The van der Waals surface area contributed by atoms with E-state index in [9.17, 15) is 9.59 Å². The average molecular weight is 422 g/mol. The van der Waals surface area contributed by atoms with Crippen molar-refractivity contribution in [1.82, 2.24) is 10.7 Å². The summed E-state index contributed by atoms with van der Waals surface area (Å²) in [5, 5.41) is 6.70. The third-order valence-corrected chi connectivity index (χ3v) is 4.54. The molecule has 0 aliphatic carbocycles. The molecule has 0 saturated heterocycles. The summed E-state index contributed by atoms with van der Waals surface area (Å²) in [6.07, 6.45) is 5.62. The van der Waals surface area contributed by atoms with Gasteiger partial charge in [0.25, 0.3) is 11.8 Å². The Morgan fingerprint density at radius 1 is 1.03 bits per heavy atom. The van der Waals surface area contributed by atoms with E-state index >= 15 is 0 Å². The maximum absolute atomic E-state index is 12.5. The lowest BCUT2D eigenvalue weighted by atomic mass is 10.0. The lowest BCUT2D eigenvalue weighted by molar-refractivity contribution is -0.130. The molecule has 0 aromatic heterocycles. The zero-order valence-electron chi connectivity index (χ0n) is 18.6. The quantitative estimate of drug-likeness (QED) is 0.449. The minimum atomic E-state index is -0.690. The Bertz CT molecular complexity index is 901. The predicted octanol–water partition coefficient (Wildman–Crippen LogP) is 4.03. The lowest BCUT2D eigenvalue weighted by Crippen LogP contribution is -2.47. The molecule has 2 aromatic rings. The Morgan fingerprint density at radius 2 is 1.71 bits per heavy atom. The number of hydrogen-bond acceptors (Lipinski definition) is 4. The van der Waals surface area contributed by atoms with Gasteiger partial charge in [-0.25, -0.2) is 5.43 Å². The van der Waals surface area contributed by atoms with Crippen molar-refractivity contribution in [2.24, 2.45) is 11.0 Å². The highest BCUT2D eigenvalue weighted by Gasteiger charge is 2.22. The first-order chi connectivity index (χ1) is 14.9. The van der Waals surface area contributed by atoms with Gasteiger partial charge in [-0.1, -0.05) is 68.5 Å². The number of carbonyl (C=O) groups is 2. The van der Waals surface area contributed by atoms with Crippen molar-refractivity contribution < 1.29 is 14.3 Å². The van der Waals surface area contributed by atoms with Gasteiger partial charge < -0.3 is 10.1 Å². The maximum Gasteiger partial charge on any atom is 0.262 e. The molecule has 2 rings (SSSR count). The highest BCUT2D eigenvalue weighted by Crippen LogP contribution is 2.22. The molecule has 31 heavy (non-hydrogen) atoms. The number of nitrogens with zero attached hydrogens (tertiary/aromatic N) is 1. The predicted molar refractivity (Wildman–Crippen MR) is 125 cm³/mol. The second-order valence-electron chi connectivity index (χ2n) is 7.78. The molecule has 2 N–H and O–H groups in total. The summed E-state index contributed by atoms with van der Waals surface area (Å²) in [5.74, 6) is 0.199. The summed E-state index contributed by atoms with van der Waals surface area (Å²) in [4.78, 5) is 24.9. The van der Waals surface area contributed by atoms with Crippen LogP contribution in [0, 0.1) is 19.8 Å². The van der Waals surface area contributed by atoms with Crippen LogP contribution >= 0.6 is 0 Å². The van der Waals surface area contributed by atoms with Crippen LogP contribution in [0.25, 0.3) is 6.08 Å². The third kappa shape index (κ3) is 8.46. The summed E-state index contributed by atoms with van der Waals surface area (Å²) in [5.41, 5.74) is 5.45. The van der Waals surface area contributed by atoms with E-state index in [1.807, 2.05) is 82.3 Å². The van der Waals surface area contributed by atoms with Crippen molar-refractivity contribution in [1.29, 1.82) is 0 Å². The van der Waals surface area contributed by atoms with Gasteiger partial charge in [0.15, 0.2) is 6.61 Å². The molecule has 2 aromatic carbocycles. The molecular formula is C25H31N3O3. The summed E-state index contributed by atoms with van der Waals surface area (Å²) >= 11 is 0. The zero-order valence-corrected chi connectivity index (χ0v) is 18.6. The van der Waals surface area contributed by atoms with Gasteiger partial charge in [-0.2, -0.15) is 5.10 Å². The van der Waals surface area contributed by atoms with Crippen molar-refractivity contribution in [3.05, 3.63) is 71.3 Å². The Balaban J connectivity index is 1.89. The molecule has 6 heteroatoms. The number of nitrogens with one attached hydrogen (secondary N) is 2. The van der Waals surface area contributed by atoms with Crippen LogP contribution in [0.3, 0.4) is 0 Å². The Labute approximate surface area is 184 Å². The van der Waals surface area contributed by atoms with Gasteiger partial charge in [0.2, 0.25) is 0 Å². The number of aryl methyl sites for hydroxylation is 2. The van der Waals surface area contributed by atoms with Crippen LogP contribution in [0.5, 0.6) is 5.75 Å². The van der Waals surface area contributed by atoms with Gasteiger partial charge in [0.1, 0.15) is 11.8 Å². The Kier molecular flexibility index (Phi) is 9.49. The molecule has 0 aliphatic rings. The van der Waals surface area contributed by atoms with Gasteiger partial charge in [-0.15, -0.1) is 0 Å². The normalized spacial score (nSPS) is 12.3. The van der Waals surface area contributed by atoms with E-state index in [1.54, 1.807) is 6.08 Å². The van der Waals surface area contributed by atoms with Crippen molar-refractivity contribution in [3.8, 4) is 5.75 Å². The first-order valence-corrected chi connectivity index (χ1v) is 10.4. The molecule has 0 spiro atoms. The second kappa shape index (κ2) is 12.3. The number of carbonyl (C=O) groups excluding carboxylic acids is 2. The number of allylic oxidation sites excluding steroid dienone is 1. The largest absolute Gasteiger partial charge is 0.483 e. The zero-order chi connectivity index (χ0) is 22.6. The standard InChI is InChI=1S/C25H31N3O3/c1-18(2)16-22(25(30)28-26-15-9-14-21-12-6-5-7-13-21)27-23(29)17-31-24-19(3)10-8-11-20(24)4/h5-15,18,22H,16-17H2,1-4H3,(H,27,29)(H,28,30)/b14-9+,26-15-/t22-/m1/s1. The van der Waals surface area contributed by atoms with Crippen LogP contribution in [-0.2, 0) is 9.59 Å². The fourth-order valence-electron chi connectivity index (χ4n) is 3.04. The third-order valence-electron chi connectivity index (χ3n) is 4.54. The number of rotatable bonds is 10. The molecule has 0 aliphatic heterocycles. The van der Waals surface area contributed by atoms with Crippen molar-refractivity contribution in [3.63, 3.8) is 0 Å². The minimum Gasteiger partial charge on any atom is -0.483 e. The average Bonchev–Trinajstić information content (AvgIpc) is 2.73. The van der Waals surface area contributed by atoms with E-state index in [1.165, 1.54) is 6.21 Å². The van der Waals surface area contributed by atoms with Gasteiger partial charge in [-0.05, 0) is 49.0 Å². The number of hydrogen-bond donors (Lipinski definition) is 2. The molecule has 2 amide bonds. The van der Waals surface area contributed by atoms with Crippen LogP contribution in [0.2, 0.25) is 0 Å². The summed E-state index contributed by atoms with van der Waals surface area (Å²) in [6, 6.07) is 14.9. The minimum absolute atomic E-state index is 0.156. The van der Waals surface area contributed by atoms with E-state index in [4.69, 9.17) is 4.74 Å². The lowest BCUT2D eigenvalue weighted by Gasteiger charge is -2.19.